The van der Waals surface area contributed by atoms with Gasteiger partial charge in [0.15, 0.2) is 0 Å². The van der Waals surface area contributed by atoms with Crippen LogP contribution in [0.25, 0.3) is 0 Å². The lowest BCUT2D eigenvalue weighted by molar-refractivity contribution is -0.150. The van der Waals surface area contributed by atoms with Crippen LogP contribution in [0.1, 0.15) is 103 Å². The van der Waals surface area contributed by atoms with E-state index in [2.05, 4.69) is 6.92 Å². The topological polar surface area (TPSA) is 37.3 Å². The Morgan fingerprint density at radius 3 is 1.85 bits per heavy atom. The minimum absolute atomic E-state index is 0.376. The molecule has 2 nitrogen and oxygen atoms in total. The zero-order chi connectivity index (χ0) is 14.7. The molecule has 20 heavy (non-hydrogen) atoms. The highest BCUT2D eigenvalue weighted by atomic mass is 16.4. The SMILES string of the molecule is CCCCCCCCCCC1(C(=O)O)CCCCCC1. The first-order valence-corrected chi connectivity index (χ1v) is 8.95. The molecule has 0 radical (unpaired) electrons. The molecule has 0 spiro atoms. The van der Waals surface area contributed by atoms with Gasteiger partial charge in [0.05, 0.1) is 5.41 Å². The van der Waals surface area contributed by atoms with E-state index in [1.165, 1.54) is 57.8 Å². The third-order valence-electron chi connectivity index (χ3n) is 5.02. The quantitative estimate of drug-likeness (QED) is 0.397. The third kappa shape index (κ3) is 6.28. The van der Waals surface area contributed by atoms with Crippen molar-refractivity contribution in [2.24, 2.45) is 5.41 Å². The molecule has 0 heterocycles. The molecule has 118 valence electrons. The van der Waals surface area contributed by atoms with Crippen molar-refractivity contribution in [1.82, 2.24) is 0 Å². The van der Waals surface area contributed by atoms with Crippen LogP contribution in [0.5, 0.6) is 0 Å². The van der Waals surface area contributed by atoms with E-state index in [1.54, 1.807) is 0 Å². The van der Waals surface area contributed by atoms with Gasteiger partial charge in [0.2, 0.25) is 0 Å². The number of carbonyl (C=O) groups is 1. The fourth-order valence-corrected chi connectivity index (χ4v) is 3.57. The van der Waals surface area contributed by atoms with Gasteiger partial charge in [-0.05, 0) is 19.3 Å². The van der Waals surface area contributed by atoms with Crippen molar-refractivity contribution in [3.05, 3.63) is 0 Å². The summed E-state index contributed by atoms with van der Waals surface area (Å²) in [5.74, 6) is -0.526. The minimum Gasteiger partial charge on any atom is -0.481 e. The fraction of sp³-hybridized carbons (Fsp3) is 0.944. The zero-order valence-corrected chi connectivity index (χ0v) is 13.5. The Kier molecular flexibility index (Phi) is 8.97. The number of aliphatic carboxylic acids is 1. The number of hydrogen-bond acceptors (Lipinski definition) is 1. The summed E-state index contributed by atoms with van der Waals surface area (Å²) in [6.45, 7) is 2.25. The van der Waals surface area contributed by atoms with Gasteiger partial charge in [-0.1, -0.05) is 84.0 Å². The summed E-state index contributed by atoms with van der Waals surface area (Å²) in [5.41, 5.74) is -0.376. The first-order valence-electron chi connectivity index (χ1n) is 8.95. The minimum atomic E-state index is -0.526. The van der Waals surface area contributed by atoms with Gasteiger partial charge in [-0.2, -0.15) is 0 Å². The van der Waals surface area contributed by atoms with Crippen molar-refractivity contribution < 1.29 is 9.90 Å². The molecule has 0 bridgehead atoms. The van der Waals surface area contributed by atoms with Crippen LogP contribution in [0.15, 0.2) is 0 Å². The Balaban J connectivity index is 2.17. The van der Waals surface area contributed by atoms with Crippen molar-refractivity contribution in [1.29, 1.82) is 0 Å². The summed E-state index contributed by atoms with van der Waals surface area (Å²) in [4.78, 5) is 11.7. The molecule has 1 fully saturated rings. The molecule has 0 aliphatic heterocycles. The maximum absolute atomic E-state index is 11.7. The molecule has 0 aromatic heterocycles. The Morgan fingerprint density at radius 2 is 1.35 bits per heavy atom. The molecule has 1 saturated carbocycles. The molecule has 1 N–H and O–H groups in total. The first kappa shape index (κ1) is 17.5. The highest BCUT2D eigenvalue weighted by Crippen LogP contribution is 2.39. The molecular weight excluding hydrogens is 248 g/mol. The molecule has 0 aromatic carbocycles. The van der Waals surface area contributed by atoms with Gasteiger partial charge in [0, 0.05) is 0 Å². The van der Waals surface area contributed by atoms with Crippen LogP contribution in [0.4, 0.5) is 0 Å². The molecule has 1 aliphatic rings. The van der Waals surface area contributed by atoms with Crippen molar-refractivity contribution in [3.8, 4) is 0 Å². The van der Waals surface area contributed by atoms with Gasteiger partial charge >= 0.3 is 5.97 Å². The second-order valence-corrected chi connectivity index (χ2v) is 6.72. The van der Waals surface area contributed by atoms with E-state index in [0.29, 0.717) is 0 Å². The van der Waals surface area contributed by atoms with E-state index in [0.717, 1.165) is 38.5 Å². The van der Waals surface area contributed by atoms with E-state index >= 15 is 0 Å². The summed E-state index contributed by atoms with van der Waals surface area (Å²) >= 11 is 0. The van der Waals surface area contributed by atoms with E-state index in [9.17, 15) is 9.90 Å². The van der Waals surface area contributed by atoms with E-state index in [-0.39, 0.29) is 5.41 Å². The lowest BCUT2D eigenvalue weighted by Crippen LogP contribution is -2.30. The largest absolute Gasteiger partial charge is 0.481 e. The second-order valence-electron chi connectivity index (χ2n) is 6.72. The van der Waals surface area contributed by atoms with E-state index in [1.807, 2.05) is 0 Å². The van der Waals surface area contributed by atoms with Gasteiger partial charge in [-0.15, -0.1) is 0 Å². The van der Waals surface area contributed by atoms with Gasteiger partial charge in [-0.25, -0.2) is 0 Å². The Labute approximate surface area is 125 Å². The number of rotatable bonds is 10. The van der Waals surface area contributed by atoms with Crippen LogP contribution in [-0.2, 0) is 4.79 Å². The monoisotopic (exact) mass is 282 g/mol. The van der Waals surface area contributed by atoms with Gasteiger partial charge in [-0.3, -0.25) is 4.79 Å². The lowest BCUT2D eigenvalue weighted by atomic mass is 9.76. The lowest BCUT2D eigenvalue weighted by Gasteiger charge is -2.28. The molecule has 1 rings (SSSR count). The molecular formula is C18H34O2. The Morgan fingerprint density at radius 1 is 0.850 bits per heavy atom. The van der Waals surface area contributed by atoms with E-state index in [4.69, 9.17) is 0 Å². The molecule has 2 heteroatoms. The molecule has 0 atom stereocenters. The maximum atomic E-state index is 11.7. The van der Waals surface area contributed by atoms with Crippen molar-refractivity contribution >= 4 is 5.97 Å². The Hall–Kier alpha value is -0.530. The molecule has 0 amide bonds. The summed E-state index contributed by atoms with van der Waals surface area (Å²) in [7, 11) is 0. The second kappa shape index (κ2) is 10.2. The van der Waals surface area contributed by atoms with Crippen molar-refractivity contribution in [2.45, 2.75) is 103 Å². The van der Waals surface area contributed by atoms with Crippen LogP contribution in [0, 0.1) is 5.41 Å². The summed E-state index contributed by atoms with van der Waals surface area (Å²) in [6, 6.07) is 0. The standard InChI is InChI=1S/C18H34O2/c1-2-3-4-5-6-7-8-11-14-18(17(19)20)15-12-9-10-13-16-18/h2-16H2,1H3,(H,19,20). The van der Waals surface area contributed by atoms with Gasteiger partial charge in [0.1, 0.15) is 0 Å². The fourth-order valence-electron chi connectivity index (χ4n) is 3.57. The maximum Gasteiger partial charge on any atom is 0.309 e. The van der Waals surface area contributed by atoms with Crippen LogP contribution in [0.3, 0.4) is 0 Å². The average Bonchev–Trinajstić information content (AvgIpc) is 2.68. The summed E-state index contributed by atoms with van der Waals surface area (Å²) in [6.07, 6.45) is 17.8. The summed E-state index contributed by atoms with van der Waals surface area (Å²) < 4.78 is 0. The van der Waals surface area contributed by atoms with Crippen molar-refractivity contribution in [2.75, 3.05) is 0 Å². The highest BCUT2D eigenvalue weighted by Gasteiger charge is 2.37. The molecule has 0 unspecified atom stereocenters. The smallest absolute Gasteiger partial charge is 0.309 e. The normalized spacial score (nSPS) is 18.6. The number of carboxylic acids is 1. The predicted molar refractivity (Wildman–Crippen MR) is 85.0 cm³/mol. The van der Waals surface area contributed by atoms with Crippen molar-refractivity contribution in [3.63, 3.8) is 0 Å². The third-order valence-corrected chi connectivity index (χ3v) is 5.02. The van der Waals surface area contributed by atoms with Crippen LogP contribution >= 0.6 is 0 Å². The van der Waals surface area contributed by atoms with Crippen LogP contribution < -0.4 is 0 Å². The Bertz CT molecular complexity index is 252. The van der Waals surface area contributed by atoms with Crippen LogP contribution in [0.2, 0.25) is 0 Å². The molecule has 0 aromatic rings. The first-order chi connectivity index (χ1) is 9.71. The average molecular weight is 282 g/mol. The van der Waals surface area contributed by atoms with Crippen LogP contribution in [-0.4, -0.2) is 11.1 Å². The predicted octanol–water partition coefficient (Wildman–Crippen LogP) is 5.94. The highest BCUT2D eigenvalue weighted by molar-refractivity contribution is 5.74. The number of unbranched alkanes of at least 4 members (excludes halogenated alkanes) is 7. The van der Waals surface area contributed by atoms with Gasteiger partial charge < -0.3 is 5.11 Å². The molecule has 1 aliphatic carbocycles. The van der Waals surface area contributed by atoms with Gasteiger partial charge in [0.25, 0.3) is 0 Å². The number of hydrogen-bond donors (Lipinski definition) is 1. The molecule has 0 saturated heterocycles. The number of carboxylic acid groups (broad SMARTS) is 1. The zero-order valence-electron chi connectivity index (χ0n) is 13.5. The summed E-state index contributed by atoms with van der Waals surface area (Å²) in [5, 5.41) is 9.61. The van der Waals surface area contributed by atoms with E-state index < -0.39 is 5.97 Å².